The van der Waals surface area contributed by atoms with Gasteiger partial charge in [0.1, 0.15) is 11.9 Å². The molecule has 6 nitrogen and oxygen atoms in total. The van der Waals surface area contributed by atoms with E-state index in [9.17, 15) is 4.79 Å². The maximum absolute atomic E-state index is 13.0. The highest BCUT2D eigenvalue weighted by atomic mass is 16.5. The van der Waals surface area contributed by atoms with E-state index >= 15 is 0 Å². The minimum absolute atomic E-state index is 0.0922. The van der Waals surface area contributed by atoms with E-state index in [-0.39, 0.29) is 18.1 Å². The van der Waals surface area contributed by atoms with Crippen molar-refractivity contribution in [2.75, 3.05) is 19.6 Å². The van der Waals surface area contributed by atoms with Gasteiger partial charge in [-0.3, -0.25) is 9.89 Å². The molecule has 0 spiro atoms. The zero-order chi connectivity index (χ0) is 20.1. The first-order valence-electron chi connectivity index (χ1n) is 11.0. The molecule has 4 aliphatic rings. The van der Waals surface area contributed by atoms with E-state index in [0.29, 0.717) is 11.6 Å². The molecule has 1 aliphatic carbocycles. The van der Waals surface area contributed by atoms with Gasteiger partial charge in [0, 0.05) is 30.8 Å². The molecular weight excluding hydrogens is 376 g/mol. The van der Waals surface area contributed by atoms with E-state index in [1.165, 1.54) is 24.0 Å². The summed E-state index contributed by atoms with van der Waals surface area (Å²) in [5, 5.41) is 11.4. The van der Waals surface area contributed by atoms with Gasteiger partial charge in [-0.25, -0.2) is 0 Å². The lowest BCUT2D eigenvalue weighted by Crippen LogP contribution is -2.57. The number of aromatic nitrogens is 2. The van der Waals surface area contributed by atoms with Crippen molar-refractivity contribution in [1.82, 2.24) is 20.4 Å². The molecule has 3 saturated heterocycles. The highest BCUT2D eigenvalue weighted by Gasteiger charge is 2.35. The number of piperidine rings is 3. The SMILES string of the molecule is O=C(N[C@@H]1CN2CCC1CC2)c1n[nH]c2ccc(OC3Cc4ccccc4C3)cc12. The van der Waals surface area contributed by atoms with Crippen molar-refractivity contribution in [1.29, 1.82) is 0 Å². The van der Waals surface area contributed by atoms with Crippen LogP contribution in [0.2, 0.25) is 0 Å². The number of aromatic amines is 1. The van der Waals surface area contributed by atoms with Crippen LogP contribution in [-0.2, 0) is 12.8 Å². The molecule has 1 atom stereocenters. The molecular formula is C24H26N4O2. The third-order valence-corrected chi connectivity index (χ3v) is 7.04. The predicted molar refractivity (Wildman–Crippen MR) is 115 cm³/mol. The average Bonchev–Trinajstić information content (AvgIpc) is 3.38. The van der Waals surface area contributed by atoms with Crippen molar-refractivity contribution >= 4 is 16.8 Å². The van der Waals surface area contributed by atoms with Gasteiger partial charge in [-0.1, -0.05) is 24.3 Å². The summed E-state index contributed by atoms with van der Waals surface area (Å²) in [6.45, 7) is 3.28. The Morgan fingerprint density at radius 2 is 1.87 bits per heavy atom. The third-order valence-electron chi connectivity index (χ3n) is 7.04. The number of fused-ring (bicyclic) bond motifs is 5. The second-order valence-electron chi connectivity index (χ2n) is 8.91. The van der Waals surface area contributed by atoms with Gasteiger partial charge in [-0.2, -0.15) is 5.10 Å². The molecule has 1 aromatic heterocycles. The second kappa shape index (κ2) is 7.13. The molecule has 6 heteroatoms. The van der Waals surface area contributed by atoms with E-state index < -0.39 is 0 Å². The summed E-state index contributed by atoms with van der Waals surface area (Å²) >= 11 is 0. The number of hydrogen-bond acceptors (Lipinski definition) is 4. The first-order chi connectivity index (χ1) is 14.7. The van der Waals surface area contributed by atoms with Crippen LogP contribution in [0.1, 0.15) is 34.5 Å². The number of amides is 1. The van der Waals surface area contributed by atoms with Crippen LogP contribution >= 0.6 is 0 Å². The molecule has 3 aromatic rings. The van der Waals surface area contributed by atoms with Gasteiger partial charge in [0.25, 0.3) is 5.91 Å². The molecule has 3 fully saturated rings. The fourth-order valence-corrected chi connectivity index (χ4v) is 5.40. The highest BCUT2D eigenvalue weighted by molar-refractivity contribution is 6.05. The van der Waals surface area contributed by atoms with Gasteiger partial charge in [0.2, 0.25) is 0 Å². The number of nitrogens with zero attached hydrogens (tertiary/aromatic N) is 2. The molecule has 3 aliphatic heterocycles. The fourth-order valence-electron chi connectivity index (χ4n) is 5.40. The van der Waals surface area contributed by atoms with Gasteiger partial charge >= 0.3 is 0 Å². The number of rotatable bonds is 4. The Balaban J connectivity index is 1.20. The van der Waals surface area contributed by atoms with E-state index in [1.54, 1.807) is 0 Å². The van der Waals surface area contributed by atoms with E-state index in [4.69, 9.17) is 4.74 Å². The summed E-state index contributed by atoms with van der Waals surface area (Å²) in [6.07, 6.45) is 4.33. The second-order valence-corrected chi connectivity index (χ2v) is 8.91. The molecule has 2 N–H and O–H groups in total. The number of H-pyrrole nitrogens is 1. The van der Waals surface area contributed by atoms with Crippen molar-refractivity contribution in [3.63, 3.8) is 0 Å². The Bertz CT molecular complexity index is 1070. The predicted octanol–water partition coefficient (Wildman–Crippen LogP) is 2.93. The fraction of sp³-hybridized carbons (Fsp3) is 0.417. The molecule has 154 valence electrons. The number of hydrogen-bond donors (Lipinski definition) is 2. The van der Waals surface area contributed by atoms with Crippen LogP contribution < -0.4 is 10.1 Å². The Kier molecular flexibility index (Phi) is 4.27. The molecule has 0 saturated carbocycles. The first kappa shape index (κ1) is 18.0. The van der Waals surface area contributed by atoms with E-state index in [2.05, 4.69) is 44.7 Å². The zero-order valence-corrected chi connectivity index (χ0v) is 16.9. The van der Waals surface area contributed by atoms with Crippen LogP contribution in [-0.4, -0.2) is 52.8 Å². The van der Waals surface area contributed by atoms with Crippen LogP contribution in [0.4, 0.5) is 0 Å². The standard InChI is InChI=1S/C24H26N4O2/c29-24(25-22-14-28-9-7-15(22)8-10-28)23-20-13-18(5-6-21(20)26-27-23)30-19-11-16-3-1-2-4-17(16)12-19/h1-6,13,15,19,22H,7-12,14H2,(H,25,29)(H,26,27)/t22-/m1/s1. The quantitative estimate of drug-likeness (QED) is 0.704. The Morgan fingerprint density at radius 3 is 2.57 bits per heavy atom. The van der Waals surface area contributed by atoms with E-state index in [1.807, 2.05) is 18.2 Å². The Hall–Kier alpha value is -2.86. The van der Waals surface area contributed by atoms with E-state index in [0.717, 1.165) is 49.1 Å². The summed E-state index contributed by atoms with van der Waals surface area (Å²) in [7, 11) is 0. The minimum atomic E-state index is -0.0922. The molecule has 2 bridgehead atoms. The number of nitrogens with one attached hydrogen (secondary N) is 2. The van der Waals surface area contributed by atoms with Gasteiger partial charge in [0.05, 0.1) is 5.52 Å². The lowest BCUT2D eigenvalue weighted by atomic mass is 9.84. The molecule has 7 rings (SSSR count). The van der Waals surface area contributed by atoms with Crippen molar-refractivity contribution in [3.8, 4) is 5.75 Å². The van der Waals surface area contributed by atoms with Crippen molar-refractivity contribution < 1.29 is 9.53 Å². The smallest absolute Gasteiger partial charge is 0.272 e. The lowest BCUT2D eigenvalue weighted by Gasteiger charge is -2.44. The van der Waals surface area contributed by atoms with Crippen LogP contribution in [0, 0.1) is 5.92 Å². The molecule has 0 unspecified atom stereocenters. The van der Waals surface area contributed by atoms with Crippen molar-refractivity contribution in [2.45, 2.75) is 37.8 Å². The first-order valence-corrected chi connectivity index (χ1v) is 11.0. The van der Waals surface area contributed by atoms with Crippen LogP contribution in [0.25, 0.3) is 10.9 Å². The van der Waals surface area contributed by atoms with Crippen LogP contribution in [0.3, 0.4) is 0 Å². The summed E-state index contributed by atoms with van der Waals surface area (Å²) < 4.78 is 6.28. The average molecular weight is 402 g/mol. The number of carbonyl (C=O) groups excluding carboxylic acids is 1. The lowest BCUT2D eigenvalue weighted by molar-refractivity contribution is 0.0618. The van der Waals surface area contributed by atoms with Gasteiger partial charge in [-0.05, 0) is 61.2 Å². The van der Waals surface area contributed by atoms with Gasteiger partial charge < -0.3 is 15.0 Å². The maximum atomic E-state index is 13.0. The third kappa shape index (κ3) is 3.16. The number of benzene rings is 2. The molecule has 30 heavy (non-hydrogen) atoms. The topological polar surface area (TPSA) is 70.2 Å². The van der Waals surface area contributed by atoms with Crippen LogP contribution in [0.15, 0.2) is 42.5 Å². The minimum Gasteiger partial charge on any atom is -0.490 e. The molecule has 1 amide bonds. The van der Waals surface area contributed by atoms with Crippen LogP contribution in [0.5, 0.6) is 5.75 Å². The molecule has 2 aromatic carbocycles. The normalized spacial score (nSPS) is 25.4. The Morgan fingerprint density at radius 1 is 1.10 bits per heavy atom. The summed E-state index contributed by atoms with van der Waals surface area (Å²) in [5.41, 5.74) is 4.05. The number of ether oxygens (including phenoxy) is 1. The summed E-state index contributed by atoms with van der Waals surface area (Å²) in [5.74, 6) is 1.29. The Labute approximate surface area is 175 Å². The van der Waals surface area contributed by atoms with Gasteiger partial charge in [-0.15, -0.1) is 0 Å². The van der Waals surface area contributed by atoms with Gasteiger partial charge in [0.15, 0.2) is 5.69 Å². The highest BCUT2D eigenvalue weighted by Crippen LogP contribution is 2.30. The van der Waals surface area contributed by atoms with Crippen molar-refractivity contribution in [3.05, 3.63) is 59.3 Å². The largest absolute Gasteiger partial charge is 0.490 e. The zero-order valence-electron chi connectivity index (χ0n) is 16.9. The monoisotopic (exact) mass is 402 g/mol. The molecule has 4 heterocycles. The molecule has 0 radical (unpaired) electrons. The number of carbonyl (C=O) groups is 1. The van der Waals surface area contributed by atoms with Crippen molar-refractivity contribution in [2.24, 2.45) is 5.92 Å². The maximum Gasteiger partial charge on any atom is 0.272 e. The summed E-state index contributed by atoms with van der Waals surface area (Å²) in [6, 6.07) is 14.6. The summed E-state index contributed by atoms with van der Waals surface area (Å²) in [4.78, 5) is 15.5.